The monoisotopic (exact) mass is 337 g/mol. The Morgan fingerprint density at radius 2 is 1.84 bits per heavy atom. The first-order chi connectivity index (χ1) is 12.2. The van der Waals surface area contributed by atoms with E-state index < -0.39 is 0 Å². The number of rotatable bonds is 5. The summed E-state index contributed by atoms with van der Waals surface area (Å²) in [5, 5.41) is 0. The van der Waals surface area contributed by atoms with Crippen molar-refractivity contribution < 1.29 is 4.79 Å². The Kier molecular flexibility index (Phi) is 6.18. The minimum atomic E-state index is 0.0570. The van der Waals surface area contributed by atoms with Crippen LogP contribution in [0.5, 0.6) is 0 Å². The predicted molar refractivity (Wildman–Crippen MR) is 100 cm³/mol. The van der Waals surface area contributed by atoms with Crippen molar-refractivity contribution in [2.45, 2.75) is 38.8 Å². The van der Waals surface area contributed by atoms with Crippen molar-refractivity contribution in [1.29, 1.82) is 0 Å². The van der Waals surface area contributed by atoms with E-state index in [-0.39, 0.29) is 5.91 Å². The van der Waals surface area contributed by atoms with Crippen molar-refractivity contribution in [2.24, 2.45) is 0 Å². The molecule has 0 bridgehead atoms. The van der Waals surface area contributed by atoms with Crippen LogP contribution in [0.15, 0.2) is 48.8 Å². The van der Waals surface area contributed by atoms with Crippen LogP contribution in [-0.2, 0) is 13.1 Å². The number of likely N-dealkylation sites (tertiary alicyclic amines) is 1. The second kappa shape index (κ2) is 8.77. The van der Waals surface area contributed by atoms with Crippen molar-refractivity contribution in [1.82, 2.24) is 14.8 Å². The van der Waals surface area contributed by atoms with Gasteiger partial charge in [0.2, 0.25) is 0 Å². The summed E-state index contributed by atoms with van der Waals surface area (Å²) < 4.78 is 0. The summed E-state index contributed by atoms with van der Waals surface area (Å²) in [6, 6.07) is 12.0. The maximum Gasteiger partial charge on any atom is 0.253 e. The van der Waals surface area contributed by atoms with Gasteiger partial charge in [-0.3, -0.25) is 14.7 Å². The molecule has 2 heterocycles. The lowest BCUT2D eigenvalue weighted by molar-refractivity contribution is 0.0785. The number of carbonyl (C=O) groups excluding carboxylic acids is 1. The lowest BCUT2D eigenvalue weighted by Crippen LogP contribution is -2.27. The van der Waals surface area contributed by atoms with Crippen LogP contribution in [-0.4, -0.2) is 40.8 Å². The lowest BCUT2D eigenvalue weighted by atomic mass is 10.1. The molecule has 4 nitrogen and oxygen atoms in total. The highest BCUT2D eigenvalue weighted by atomic mass is 16.2. The van der Waals surface area contributed by atoms with Crippen LogP contribution in [0.25, 0.3) is 0 Å². The first-order valence-corrected chi connectivity index (χ1v) is 9.18. The van der Waals surface area contributed by atoms with E-state index in [0.29, 0.717) is 6.54 Å². The summed E-state index contributed by atoms with van der Waals surface area (Å²) in [5.41, 5.74) is 3.03. The van der Waals surface area contributed by atoms with Crippen molar-refractivity contribution in [3.63, 3.8) is 0 Å². The molecule has 0 N–H and O–H groups in total. The van der Waals surface area contributed by atoms with Crippen LogP contribution >= 0.6 is 0 Å². The first kappa shape index (κ1) is 17.6. The van der Waals surface area contributed by atoms with Gasteiger partial charge in [0.25, 0.3) is 5.91 Å². The Bertz CT molecular complexity index is 679. The van der Waals surface area contributed by atoms with E-state index in [2.05, 4.69) is 16.0 Å². The number of pyridine rings is 1. The van der Waals surface area contributed by atoms with E-state index in [1.807, 2.05) is 37.4 Å². The quantitative estimate of drug-likeness (QED) is 0.834. The highest BCUT2D eigenvalue weighted by Crippen LogP contribution is 2.15. The standard InChI is InChI=1S/C21H27N3O/c1-23(16-19-9-7-11-22-15-19)21(25)20-10-6-8-18(14-20)17-24-12-4-2-3-5-13-24/h6-11,14-15H,2-5,12-13,16-17H2,1H3. The minimum absolute atomic E-state index is 0.0570. The van der Waals surface area contributed by atoms with Gasteiger partial charge in [0.05, 0.1) is 0 Å². The van der Waals surface area contributed by atoms with E-state index in [0.717, 1.165) is 17.7 Å². The number of nitrogens with zero attached hydrogens (tertiary/aromatic N) is 3. The molecule has 2 aromatic rings. The molecule has 1 aromatic heterocycles. The third kappa shape index (κ3) is 5.13. The Morgan fingerprint density at radius 3 is 2.56 bits per heavy atom. The largest absolute Gasteiger partial charge is 0.337 e. The van der Waals surface area contributed by atoms with Gasteiger partial charge in [-0.05, 0) is 55.3 Å². The van der Waals surface area contributed by atoms with Gasteiger partial charge in [-0.2, -0.15) is 0 Å². The number of benzene rings is 1. The number of carbonyl (C=O) groups is 1. The second-order valence-electron chi connectivity index (χ2n) is 6.91. The van der Waals surface area contributed by atoms with E-state index in [4.69, 9.17) is 0 Å². The van der Waals surface area contributed by atoms with Gasteiger partial charge < -0.3 is 4.90 Å². The molecule has 1 aromatic carbocycles. The smallest absolute Gasteiger partial charge is 0.253 e. The Morgan fingerprint density at radius 1 is 1.08 bits per heavy atom. The number of amides is 1. The fraction of sp³-hybridized carbons (Fsp3) is 0.429. The normalized spacial score (nSPS) is 15.6. The molecule has 0 unspecified atom stereocenters. The second-order valence-corrected chi connectivity index (χ2v) is 6.91. The van der Waals surface area contributed by atoms with Crippen LogP contribution in [0.4, 0.5) is 0 Å². The Labute approximate surface area is 150 Å². The van der Waals surface area contributed by atoms with Gasteiger partial charge in [0.1, 0.15) is 0 Å². The maximum atomic E-state index is 12.7. The van der Waals surface area contributed by atoms with Crippen molar-refractivity contribution in [3.8, 4) is 0 Å². The number of aromatic nitrogens is 1. The Hall–Kier alpha value is -2.20. The van der Waals surface area contributed by atoms with Crippen LogP contribution in [0, 0.1) is 0 Å². The highest BCUT2D eigenvalue weighted by molar-refractivity contribution is 5.94. The van der Waals surface area contributed by atoms with Crippen molar-refractivity contribution in [2.75, 3.05) is 20.1 Å². The zero-order valence-electron chi connectivity index (χ0n) is 15.0. The minimum Gasteiger partial charge on any atom is -0.337 e. The zero-order valence-corrected chi connectivity index (χ0v) is 15.0. The Balaban J connectivity index is 1.64. The average molecular weight is 337 g/mol. The van der Waals surface area contributed by atoms with Gasteiger partial charge in [0, 0.05) is 38.1 Å². The fourth-order valence-electron chi connectivity index (χ4n) is 3.41. The van der Waals surface area contributed by atoms with Gasteiger partial charge in [-0.15, -0.1) is 0 Å². The van der Waals surface area contributed by atoms with Crippen LogP contribution in [0.1, 0.15) is 47.2 Å². The lowest BCUT2D eigenvalue weighted by Gasteiger charge is -2.21. The zero-order chi connectivity index (χ0) is 17.5. The summed E-state index contributed by atoms with van der Waals surface area (Å²) in [6.45, 7) is 3.84. The topological polar surface area (TPSA) is 36.4 Å². The van der Waals surface area contributed by atoms with Crippen molar-refractivity contribution >= 4 is 5.91 Å². The molecule has 4 heteroatoms. The van der Waals surface area contributed by atoms with E-state index >= 15 is 0 Å². The van der Waals surface area contributed by atoms with Crippen LogP contribution in [0.2, 0.25) is 0 Å². The third-order valence-corrected chi connectivity index (χ3v) is 4.77. The molecule has 1 amide bonds. The van der Waals surface area contributed by atoms with Gasteiger partial charge in [-0.25, -0.2) is 0 Å². The summed E-state index contributed by atoms with van der Waals surface area (Å²) in [4.78, 5) is 21.1. The van der Waals surface area contributed by atoms with Gasteiger partial charge in [0.15, 0.2) is 0 Å². The van der Waals surface area contributed by atoms with E-state index in [1.54, 1.807) is 17.3 Å². The fourth-order valence-corrected chi connectivity index (χ4v) is 3.41. The summed E-state index contributed by atoms with van der Waals surface area (Å²) in [7, 11) is 1.84. The summed E-state index contributed by atoms with van der Waals surface area (Å²) in [6.07, 6.45) is 8.80. The molecule has 0 atom stereocenters. The molecule has 0 radical (unpaired) electrons. The maximum absolute atomic E-state index is 12.7. The van der Waals surface area contributed by atoms with Gasteiger partial charge >= 0.3 is 0 Å². The first-order valence-electron chi connectivity index (χ1n) is 9.18. The molecule has 1 aliphatic rings. The molecule has 0 aliphatic carbocycles. The summed E-state index contributed by atoms with van der Waals surface area (Å²) >= 11 is 0. The third-order valence-electron chi connectivity index (χ3n) is 4.77. The molecule has 1 fully saturated rings. The van der Waals surface area contributed by atoms with Crippen LogP contribution < -0.4 is 0 Å². The average Bonchev–Trinajstić information content (AvgIpc) is 2.91. The van der Waals surface area contributed by atoms with Gasteiger partial charge in [-0.1, -0.05) is 31.0 Å². The molecule has 0 saturated carbocycles. The highest BCUT2D eigenvalue weighted by Gasteiger charge is 2.14. The van der Waals surface area contributed by atoms with E-state index in [9.17, 15) is 4.79 Å². The summed E-state index contributed by atoms with van der Waals surface area (Å²) in [5.74, 6) is 0.0570. The number of hydrogen-bond acceptors (Lipinski definition) is 3. The van der Waals surface area contributed by atoms with Crippen LogP contribution in [0.3, 0.4) is 0 Å². The number of hydrogen-bond donors (Lipinski definition) is 0. The molecule has 132 valence electrons. The predicted octanol–water partition coefficient (Wildman–Crippen LogP) is 3.73. The molecule has 25 heavy (non-hydrogen) atoms. The molecule has 3 rings (SSSR count). The van der Waals surface area contributed by atoms with E-state index in [1.165, 1.54) is 44.3 Å². The molecule has 1 aliphatic heterocycles. The molecule has 1 saturated heterocycles. The van der Waals surface area contributed by atoms with Crippen molar-refractivity contribution in [3.05, 3.63) is 65.5 Å². The molecular weight excluding hydrogens is 310 g/mol. The molecular formula is C21H27N3O. The SMILES string of the molecule is CN(Cc1cccnc1)C(=O)c1cccc(CN2CCCCCC2)c1. The molecule has 0 spiro atoms.